The quantitative estimate of drug-likeness (QED) is 0.736. The Labute approximate surface area is 95.4 Å². The summed E-state index contributed by atoms with van der Waals surface area (Å²) < 4.78 is 0. The Balaban J connectivity index is 0.000000980. The van der Waals surface area contributed by atoms with E-state index in [1.807, 2.05) is 16.7 Å². The minimum absolute atomic E-state index is 0. The number of amides is 1. The Morgan fingerprint density at radius 1 is 1.57 bits per heavy atom. The summed E-state index contributed by atoms with van der Waals surface area (Å²) in [4.78, 5) is 13.9. The molecule has 0 aromatic rings. The molecule has 3 nitrogen and oxygen atoms in total. The molecule has 0 saturated carbocycles. The van der Waals surface area contributed by atoms with Crippen molar-refractivity contribution in [2.75, 3.05) is 24.7 Å². The topological polar surface area (TPSA) is 32.3 Å². The van der Waals surface area contributed by atoms with Crippen molar-refractivity contribution in [2.24, 2.45) is 5.92 Å². The lowest BCUT2D eigenvalue weighted by molar-refractivity contribution is -0.131. The van der Waals surface area contributed by atoms with Crippen molar-refractivity contribution >= 4 is 30.1 Å². The summed E-state index contributed by atoms with van der Waals surface area (Å²) in [5.41, 5.74) is 0. The van der Waals surface area contributed by atoms with Crippen LogP contribution in [-0.4, -0.2) is 41.6 Å². The number of halogens is 1. The number of hydrogen-bond donors (Lipinski definition) is 1. The second-order valence-corrected chi connectivity index (χ2v) is 4.98. The van der Waals surface area contributed by atoms with Gasteiger partial charge in [0.25, 0.3) is 0 Å². The number of carbonyl (C=O) groups excluding carboxylic acids is 1. The zero-order valence-electron chi connectivity index (χ0n) is 8.36. The van der Waals surface area contributed by atoms with Crippen LogP contribution in [0.25, 0.3) is 0 Å². The van der Waals surface area contributed by atoms with Crippen LogP contribution in [0.5, 0.6) is 0 Å². The monoisotopic (exact) mass is 236 g/mol. The average Bonchev–Trinajstić information content (AvgIpc) is 2.72. The maximum Gasteiger partial charge on any atom is 0.240 e. The molecule has 82 valence electrons. The van der Waals surface area contributed by atoms with Crippen molar-refractivity contribution in [1.29, 1.82) is 0 Å². The first kappa shape index (κ1) is 12.1. The molecule has 5 heteroatoms. The van der Waals surface area contributed by atoms with E-state index in [0.717, 1.165) is 24.7 Å². The van der Waals surface area contributed by atoms with Gasteiger partial charge in [-0.25, -0.2) is 0 Å². The van der Waals surface area contributed by atoms with Crippen LogP contribution >= 0.6 is 24.2 Å². The largest absolute Gasteiger partial charge is 0.341 e. The third-order valence-corrected chi connectivity index (χ3v) is 3.69. The molecule has 2 aliphatic rings. The number of nitrogens with one attached hydrogen (secondary N) is 1. The Morgan fingerprint density at radius 3 is 2.86 bits per heavy atom. The summed E-state index contributed by atoms with van der Waals surface area (Å²) in [5, 5.41) is 3.22. The number of carbonyl (C=O) groups is 1. The van der Waals surface area contributed by atoms with Crippen molar-refractivity contribution in [3.8, 4) is 0 Å². The smallest absolute Gasteiger partial charge is 0.240 e. The first-order valence-electron chi connectivity index (χ1n) is 4.87. The van der Waals surface area contributed by atoms with Crippen LogP contribution < -0.4 is 5.32 Å². The van der Waals surface area contributed by atoms with Crippen molar-refractivity contribution in [3.63, 3.8) is 0 Å². The van der Waals surface area contributed by atoms with E-state index in [-0.39, 0.29) is 18.4 Å². The molecular weight excluding hydrogens is 220 g/mol. The summed E-state index contributed by atoms with van der Waals surface area (Å²) in [6.07, 6.45) is 1.17. The maximum atomic E-state index is 11.8. The SMILES string of the molecule is CC1CCN(C(=O)[C@H]2CSCN2)C1.Cl. The molecule has 2 saturated heterocycles. The predicted molar refractivity (Wildman–Crippen MR) is 61.9 cm³/mol. The van der Waals surface area contributed by atoms with Gasteiger partial charge in [-0.05, 0) is 12.3 Å². The van der Waals surface area contributed by atoms with Gasteiger partial charge in [-0.15, -0.1) is 24.2 Å². The van der Waals surface area contributed by atoms with Crippen LogP contribution in [0.15, 0.2) is 0 Å². The molecule has 1 unspecified atom stereocenters. The molecule has 1 N–H and O–H groups in total. The first-order valence-corrected chi connectivity index (χ1v) is 6.03. The van der Waals surface area contributed by atoms with Gasteiger partial charge < -0.3 is 4.90 Å². The molecule has 0 aromatic heterocycles. The zero-order chi connectivity index (χ0) is 9.26. The van der Waals surface area contributed by atoms with Crippen LogP contribution in [0.4, 0.5) is 0 Å². The van der Waals surface area contributed by atoms with Crippen LogP contribution in [0.2, 0.25) is 0 Å². The maximum absolute atomic E-state index is 11.8. The molecule has 0 bridgehead atoms. The highest BCUT2D eigenvalue weighted by atomic mass is 35.5. The van der Waals surface area contributed by atoms with Gasteiger partial charge in [-0.1, -0.05) is 6.92 Å². The highest BCUT2D eigenvalue weighted by molar-refractivity contribution is 7.99. The van der Waals surface area contributed by atoms with Gasteiger partial charge in [0.05, 0.1) is 6.04 Å². The lowest BCUT2D eigenvalue weighted by atomic mass is 10.2. The standard InChI is InChI=1S/C9H16N2OS.ClH/c1-7-2-3-11(4-7)9(12)8-5-13-6-10-8;/h7-8,10H,2-6H2,1H3;1H/t7?,8-;/m1./s1. The summed E-state index contributed by atoms with van der Waals surface area (Å²) in [6, 6.07) is 0.0929. The van der Waals surface area contributed by atoms with Crippen LogP contribution in [0.1, 0.15) is 13.3 Å². The fourth-order valence-corrected chi connectivity index (χ4v) is 2.84. The van der Waals surface area contributed by atoms with Crippen molar-refractivity contribution in [3.05, 3.63) is 0 Å². The van der Waals surface area contributed by atoms with Crippen molar-refractivity contribution in [1.82, 2.24) is 10.2 Å². The van der Waals surface area contributed by atoms with E-state index in [0.29, 0.717) is 11.8 Å². The fourth-order valence-electron chi connectivity index (χ4n) is 1.91. The highest BCUT2D eigenvalue weighted by Crippen LogP contribution is 2.18. The molecule has 2 heterocycles. The predicted octanol–water partition coefficient (Wildman–Crippen LogP) is 0.939. The van der Waals surface area contributed by atoms with Gasteiger partial charge in [-0.2, -0.15) is 0 Å². The Morgan fingerprint density at radius 2 is 2.36 bits per heavy atom. The molecule has 0 radical (unpaired) electrons. The van der Waals surface area contributed by atoms with E-state index in [9.17, 15) is 4.79 Å². The molecule has 2 aliphatic heterocycles. The second-order valence-electron chi connectivity index (χ2n) is 3.95. The number of rotatable bonds is 1. The van der Waals surface area contributed by atoms with Crippen LogP contribution in [0.3, 0.4) is 0 Å². The lowest BCUT2D eigenvalue weighted by Crippen LogP contribution is -2.43. The van der Waals surface area contributed by atoms with Gasteiger partial charge in [0.1, 0.15) is 0 Å². The lowest BCUT2D eigenvalue weighted by Gasteiger charge is -2.19. The molecule has 2 atom stereocenters. The van der Waals surface area contributed by atoms with Gasteiger partial charge in [0, 0.05) is 24.7 Å². The molecule has 2 rings (SSSR count). The number of hydrogen-bond acceptors (Lipinski definition) is 3. The van der Waals surface area contributed by atoms with E-state index in [1.54, 1.807) is 0 Å². The first-order chi connectivity index (χ1) is 6.27. The van der Waals surface area contributed by atoms with Gasteiger partial charge in [0.15, 0.2) is 0 Å². The molecule has 14 heavy (non-hydrogen) atoms. The number of nitrogens with zero attached hydrogens (tertiary/aromatic N) is 1. The van der Waals surface area contributed by atoms with Gasteiger partial charge in [-0.3, -0.25) is 10.1 Å². The molecule has 0 aromatic carbocycles. The summed E-state index contributed by atoms with van der Waals surface area (Å²) in [5.74, 6) is 2.89. The van der Waals surface area contributed by atoms with Crippen LogP contribution in [0, 0.1) is 5.92 Å². The van der Waals surface area contributed by atoms with Gasteiger partial charge >= 0.3 is 0 Å². The zero-order valence-corrected chi connectivity index (χ0v) is 10.00. The average molecular weight is 237 g/mol. The van der Waals surface area contributed by atoms with Crippen LogP contribution in [-0.2, 0) is 4.79 Å². The Bertz CT molecular complexity index is 209. The highest BCUT2D eigenvalue weighted by Gasteiger charge is 2.30. The summed E-state index contributed by atoms with van der Waals surface area (Å²) in [7, 11) is 0. The molecule has 2 fully saturated rings. The molecule has 0 spiro atoms. The van der Waals surface area contributed by atoms with Crippen molar-refractivity contribution in [2.45, 2.75) is 19.4 Å². The summed E-state index contributed by atoms with van der Waals surface area (Å²) in [6.45, 7) is 4.13. The third-order valence-electron chi connectivity index (χ3n) is 2.75. The minimum Gasteiger partial charge on any atom is -0.341 e. The number of thioether (sulfide) groups is 1. The molecular formula is C9H17ClN2OS. The Hall–Kier alpha value is 0.0700. The van der Waals surface area contributed by atoms with E-state index in [4.69, 9.17) is 0 Å². The summed E-state index contributed by atoms with van der Waals surface area (Å²) >= 11 is 1.81. The van der Waals surface area contributed by atoms with E-state index < -0.39 is 0 Å². The van der Waals surface area contributed by atoms with E-state index >= 15 is 0 Å². The van der Waals surface area contributed by atoms with E-state index in [2.05, 4.69) is 12.2 Å². The second kappa shape index (κ2) is 5.24. The molecule has 1 amide bonds. The Kier molecular flexibility index (Phi) is 4.54. The number of likely N-dealkylation sites (tertiary alicyclic amines) is 1. The van der Waals surface area contributed by atoms with E-state index in [1.165, 1.54) is 6.42 Å². The third kappa shape index (κ3) is 2.55. The minimum atomic E-state index is 0. The molecule has 0 aliphatic carbocycles. The normalized spacial score (nSPS) is 31.6. The van der Waals surface area contributed by atoms with Crippen molar-refractivity contribution < 1.29 is 4.79 Å². The fraction of sp³-hybridized carbons (Fsp3) is 0.889. The van der Waals surface area contributed by atoms with Gasteiger partial charge in [0.2, 0.25) is 5.91 Å².